The van der Waals surface area contributed by atoms with Crippen molar-refractivity contribution in [3.63, 3.8) is 0 Å². The lowest BCUT2D eigenvalue weighted by Gasteiger charge is -2.10. The molecule has 96 valence electrons. The normalized spacial score (nSPS) is 16.7. The van der Waals surface area contributed by atoms with E-state index in [0.717, 1.165) is 17.2 Å². The first-order chi connectivity index (χ1) is 8.74. The molecule has 1 saturated carbocycles. The molecule has 0 amide bonds. The number of halogens is 1. The smallest absolute Gasteiger partial charge is 0.178 e. The summed E-state index contributed by atoms with van der Waals surface area (Å²) in [6, 6.07) is 6.49. The van der Waals surface area contributed by atoms with Crippen molar-refractivity contribution in [2.24, 2.45) is 5.92 Å². The minimum absolute atomic E-state index is 0.866. The maximum Gasteiger partial charge on any atom is 0.178 e. The van der Waals surface area contributed by atoms with Gasteiger partial charge in [-0.25, -0.2) is 0 Å². The number of imidazole rings is 1. The van der Waals surface area contributed by atoms with Crippen molar-refractivity contribution in [1.82, 2.24) is 9.55 Å². The molecule has 1 fully saturated rings. The highest BCUT2D eigenvalue weighted by Gasteiger charge is 2.15. The summed E-state index contributed by atoms with van der Waals surface area (Å²) in [6.45, 7) is 1.06. The third-order valence-corrected chi connectivity index (χ3v) is 4.97. The Morgan fingerprint density at radius 1 is 1.33 bits per heavy atom. The van der Waals surface area contributed by atoms with Crippen LogP contribution in [0.15, 0.2) is 18.2 Å². The van der Waals surface area contributed by atoms with Crippen LogP contribution in [0.1, 0.15) is 32.1 Å². The average molecular weight is 372 g/mol. The van der Waals surface area contributed by atoms with Gasteiger partial charge in [0.15, 0.2) is 4.77 Å². The molecule has 0 unspecified atom stereocenters. The number of nitrogens with one attached hydrogen (secondary N) is 1. The molecule has 18 heavy (non-hydrogen) atoms. The van der Waals surface area contributed by atoms with E-state index in [9.17, 15) is 0 Å². The van der Waals surface area contributed by atoms with E-state index in [2.05, 4.69) is 50.3 Å². The molecule has 2 nitrogen and oxygen atoms in total. The summed E-state index contributed by atoms with van der Waals surface area (Å²) < 4.78 is 4.38. The first-order valence-corrected chi connectivity index (χ1v) is 8.11. The highest BCUT2D eigenvalue weighted by molar-refractivity contribution is 14.1. The maximum atomic E-state index is 5.44. The van der Waals surface area contributed by atoms with Gasteiger partial charge >= 0.3 is 0 Å². The molecule has 4 heteroatoms. The summed E-state index contributed by atoms with van der Waals surface area (Å²) in [6.07, 6.45) is 6.93. The number of H-pyrrole nitrogens is 1. The van der Waals surface area contributed by atoms with Crippen LogP contribution in [0.25, 0.3) is 11.0 Å². The summed E-state index contributed by atoms with van der Waals surface area (Å²) >= 11 is 7.78. The SMILES string of the molecule is S=c1[nH]c2cc(I)ccc2n1CCC1CCCC1. The summed E-state index contributed by atoms with van der Waals surface area (Å²) in [7, 11) is 0. The second-order valence-corrected chi connectivity index (χ2v) is 6.81. The van der Waals surface area contributed by atoms with E-state index >= 15 is 0 Å². The molecule has 0 spiro atoms. The van der Waals surface area contributed by atoms with Gasteiger partial charge in [-0.15, -0.1) is 0 Å². The quantitative estimate of drug-likeness (QED) is 0.601. The lowest BCUT2D eigenvalue weighted by Crippen LogP contribution is -2.03. The summed E-state index contributed by atoms with van der Waals surface area (Å²) in [4.78, 5) is 3.32. The van der Waals surface area contributed by atoms with Gasteiger partial charge in [0.2, 0.25) is 0 Å². The van der Waals surface area contributed by atoms with Crippen LogP contribution in [0.3, 0.4) is 0 Å². The van der Waals surface area contributed by atoms with Gasteiger partial charge in [-0.05, 0) is 65.3 Å². The molecule has 2 aromatic rings. The second-order valence-electron chi connectivity index (χ2n) is 5.18. The number of aromatic amines is 1. The Kier molecular flexibility index (Phi) is 3.75. The third kappa shape index (κ3) is 2.50. The molecule has 0 radical (unpaired) electrons. The summed E-state index contributed by atoms with van der Waals surface area (Å²) in [5, 5.41) is 0. The molecule has 3 rings (SSSR count). The van der Waals surface area contributed by atoms with Gasteiger partial charge in [-0.1, -0.05) is 25.7 Å². The molecule has 1 aromatic carbocycles. The van der Waals surface area contributed by atoms with E-state index in [1.807, 2.05) is 0 Å². The Balaban J connectivity index is 1.86. The molecule has 1 N–H and O–H groups in total. The van der Waals surface area contributed by atoms with Crippen molar-refractivity contribution >= 4 is 45.8 Å². The molecule has 1 aromatic heterocycles. The van der Waals surface area contributed by atoms with E-state index in [1.165, 1.54) is 46.7 Å². The van der Waals surface area contributed by atoms with Crippen LogP contribution in [0.5, 0.6) is 0 Å². The summed E-state index contributed by atoms with van der Waals surface area (Å²) in [5.41, 5.74) is 2.41. The second kappa shape index (κ2) is 5.33. The third-order valence-electron chi connectivity index (χ3n) is 3.97. The van der Waals surface area contributed by atoms with Crippen LogP contribution >= 0.6 is 34.8 Å². The standard InChI is InChI=1S/C14H17IN2S/c15-11-5-6-13-12(9-11)16-14(18)17(13)8-7-10-3-1-2-4-10/h5-6,9-10H,1-4,7-8H2,(H,16,18). The fraction of sp³-hybridized carbons (Fsp3) is 0.500. The first-order valence-electron chi connectivity index (χ1n) is 6.62. The molecule has 1 heterocycles. The van der Waals surface area contributed by atoms with Crippen LogP contribution in [0.4, 0.5) is 0 Å². The molecular weight excluding hydrogens is 355 g/mol. The molecule has 0 atom stereocenters. The fourth-order valence-corrected chi connectivity index (χ4v) is 3.76. The van der Waals surface area contributed by atoms with Crippen LogP contribution in [0.2, 0.25) is 0 Å². The van der Waals surface area contributed by atoms with Gasteiger partial charge in [-0.3, -0.25) is 0 Å². The monoisotopic (exact) mass is 372 g/mol. The van der Waals surface area contributed by atoms with Gasteiger partial charge < -0.3 is 9.55 Å². The number of hydrogen-bond acceptors (Lipinski definition) is 1. The van der Waals surface area contributed by atoms with Gasteiger partial charge in [0.1, 0.15) is 0 Å². The van der Waals surface area contributed by atoms with Gasteiger partial charge in [-0.2, -0.15) is 0 Å². The van der Waals surface area contributed by atoms with Crippen LogP contribution in [-0.2, 0) is 6.54 Å². The number of aryl methyl sites for hydroxylation is 1. The Hall–Kier alpha value is -0.360. The maximum absolute atomic E-state index is 5.44. The number of rotatable bonds is 3. The largest absolute Gasteiger partial charge is 0.331 e. The predicted molar refractivity (Wildman–Crippen MR) is 86.4 cm³/mol. The van der Waals surface area contributed by atoms with Crippen molar-refractivity contribution < 1.29 is 0 Å². The number of fused-ring (bicyclic) bond motifs is 1. The first kappa shape index (κ1) is 12.7. The molecule has 1 aliphatic carbocycles. The van der Waals surface area contributed by atoms with Crippen LogP contribution in [-0.4, -0.2) is 9.55 Å². The number of hydrogen-bond donors (Lipinski definition) is 1. The average Bonchev–Trinajstić information content (AvgIpc) is 2.93. The van der Waals surface area contributed by atoms with E-state index in [-0.39, 0.29) is 0 Å². The van der Waals surface area contributed by atoms with Crippen LogP contribution in [0, 0.1) is 14.3 Å². The van der Waals surface area contributed by atoms with Crippen molar-refractivity contribution in [1.29, 1.82) is 0 Å². The zero-order chi connectivity index (χ0) is 12.5. The molecule has 0 bridgehead atoms. The van der Waals surface area contributed by atoms with E-state index in [1.54, 1.807) is 0 Å². The van der Waals surface area contributed by atoms with E-state index in [4.69, 9.17) is 12.2 Å². The lowest BCUT2D eigenvalue weighted by molar-refractivity contribution is 0.461. The van der Waals surface area contributed by atoms with Crippen LogP contribution < -0.4 is 0 Å². The topological polar surface area (TPSA) is 20.7 Å². The lowest BCUT2D eigenvalue weighted by atomic mass is 10.0. The zero-order valence-electron chi connectivity index (χ0n) is 10.3. The number of nitrogens with zero attached hydrogens (tertiary/aromatic N) is 1. The Morgan fingerprint density at radius 2 is 2.11 bits per heavy atom. The molecule has 0 aliphatic heterocycles. The Labute approximate surface area is 126 Å². The van der Waals surface area contributed by atoms with Crippen molar-refractivity contribution in [2.75, 3.05) is 0 Å². The van der Waals surface area contributed by atoms with Crippen molar-refractivity contribution in [2.45, 2.75) is 38.6 Å². The van der Waals surface area contributed by atoms with E-state index in [0.29, 0.717) is 0 Å². The van der Waals surface area contributed by atoms with Gasteiger partial charge in [0.05, 0.1) is 11.0 Å². The molecule has 1 aliphatic rings. The van der Waals surface area contributed by atoms with Gasteiger partial charge in [0.25, 0.3) is 0 Å². The Morgan fingerprint density at radius 3 is 2.89 bits per heavy atom. The number of aromatic nitrogens is 2. The molecule has 0 saturated heterocycles. The summed E-state index contributed by atoms with van der Waals surface area (Å²) in [5.74, 6) is 0.917. The minimum Gasteiger partial charge on any atom is -0.331 e. The van der Waals surface area contributed by atoms with Gasteiger partial charge in [0, 0.05) is 10.1 Å². The number of benzene rings is 1. The molecular formula is C14H17IN2S. The Bertz CT molecular complexity index is 608. The minimum atomic E-state index is 0.866. The zero-order valence-corrected chi connectivity index (χ0v) is 13.3. The van der Waals surface area contributed by atoms with E-state index < -0.39 is 0 Å². The van der Waals surface area contributed by atoms with Crippen molar-refractivity contribution in [3.05, 3.63) is 26.5 Å². The fourth-order valence-electron chi connectivity index (χ4n) is 2.97. The highest BCUT2D eigenvalue weighted by Crippen LogP contribution is 2.28. The highest BCUT2D eigenvalue weighted by atomic mass is 127. The predicted octanol–water partition coefficient (Wildman–Crippen LogP) is 4.88. The van der Waals surface area contributed by atoms with Crippen molar-refractivity contribution in [3.8, 4) is 0 Å².